The summed E-state index contributed by atoms with van der Waals surface area (Å²) in [5.41, 5.74) is 5.03. The lowest BCUT2D eigenvalue weighted by Crippen LogP contribution is -2.49. The van der Waals surface area contributed by atoms with Crippen molar-refractivity contribution in [3.8, 4) is 6.07 Å². The van der Waals surface area contributed by atoms with Crippen LogP contribution in [-0.2, 0) is 9.59 Å². The molecule has 1 atom stereocenters. The minimum absolute atomic E-state index is 0.00949. The Morgan fingerprint density at radius 3 is 2.60 bits per heavy atom. The highest BCUT2D eigenvalue weighted by Crippen LogP contribution is 2.18. The maximum atomic E-state index is 11.5. The molecule has 15 heavy (non-hydrogen) atoms. The van der Waals surface area contributed by atoms with Crippen LogP contribution in [0.25, 0.3) is 0 Å². The predicted molar refractivity (Wildman–Crippen MR) is 53.3 cm³/mol. The minimum atomic E-state index is -0.381. The highest BCUT2D eigenvalue weighted by Gasteiger charge is 2.30. The zero-order chi connectivity index (χ0) is 11.4. The molecule has 1 heterocycles. The van der Waals surface area contributed by atoms with Crippen molar-refractivity contribution in [2.45, 2.75) is 19.8 Å². The van der Waals surface area contributed by atoms with Gasteiger partial charge in [-0.1, -0.05) is 6.92 Å². The summed E-state index contributed by atoms with van der Waals surface area (Å²) in [6, 6.07) is 2.10. The second-order valence-corrected chi connectivity index (χ2v) is 4.10. The highest BCUT2D eigenvalue weighted by molar-refractivity contribution is 5.79. The first kappa shape index (κ1) is 11.5. The van der Waals surface area contributed by atoms with E-state index in [1.54, 1.807) is 4.90 Å². The number of hydrogen-bond donors (Lipinski definition) is 1. The molecule has 2 amide bonds. The molecular weight excluding hydrogens is 194 g/mol. The van der Waals surface area contributed by atoms with E-state index in [4.69, 9.17) is 11.0 Å². The van der Waals surface area contributed by atoms with Gasteiger partial charge in [0.2, 0.25) is 11.8 Å². The van der Waals surface area contributed by atoms with Crippen LogP contribution in [0.4, 0.5) is 0 Å². The van der Waals surface area contributed by atoms with Crippen LogP contribution in [0, 0.1) is 23.2 Å². The molecule has 1 saturated heterocycles. The normalized spacial score (nSPS) is 17.7. The molecule has 0 spiro atoms. The van der Waals surface area contributed by atoms with Crippen LogP contribution in [0.3, 0.4) is 0 Å². The Bertz CT molecular complexity index is 302. The molecule has 0 aliphatic carbocycles. The van der Waals surface area contributed by atoms with Gasteiger partial charge in [-0.05, 0) is 5.92 Å². The molecule has 1 rings (SSSR count). The van der Waals surface area contributed by atoms with Crippen LogP contribution < -0.4 is 5.73 Å². The lowest BCUT2D eigenvalue weighted by atomic mass is 9.98. The van der Waals surface area contributed by atoms with E-state index in [0.29, 0.717) is 19.5 Å². The van der Waals surface area contributed by atoms with Gasteiger partial charge in [0.05, 0.1) is 12.0 Å². The molecule has 0 aromatic heterocycles. The Labute approximate surface area is 88.8 Å². The van der Waals surface area contributed by atoms with Gasteiger partial charge in [0.25, 0.3) is 0 Å². The van der Waals surface area contributed by atoms with Crippen LogP contribution in [0.5, 0.6) is 0 Å². The first-order chi connectivity index (χ1) is 7.02. The molecule has 5 nitrogen and oxygen atoms in total. The fourth-order valence-electron chi connectivity index (χ4n) is 1.61. The standard InChI is InChI=1S/C10H15N3O2/c1-7(2-9(12)14)3-10(15)13-5-8(4-11)6-13/h7-8H,2-3,5-6H2,1H3,(H2,12,14)/t7-/m1/s1. The van der Waals surface area contributed by atoms with E-state index in [1.165, 1.54) is 0 Å². The second kappa shape index (κ2) is 4.78. The number of primary amides is 1. The Morgan fingerprint density at radius 1 is 1.53 bits per heavy atom. The summed E-state index contributed by atoms with van der Waals surface area (Å²) >= 11 is 0. The van der Waals surface area contributed by atoms with Gasteiger partial charge in [-0.3, -0.25) is 9.59 Å². The fourth-order valence-corrected chi connectivity index (χ4v) is 1.61. The van der Waals surface area contributed by atoms with Gasteiger partial charge in [-0.15, -0.1) is 0 Å². The van der Waals surface area contributed by atoms with E-state index in [9.17, 15) is 9.59 Å². The zero-order valence-electron chi connectivity index (χ0n) is 8.77. The fraction of sp³-hybridized carbons (Fsp3) is 0.700. The molecule has 82 valence electrons. The number of hydrogen-bond acceptors (Lipinski definition) is 3. The molecule has 1 fully saturated rings. The molecule has 0 aromatic carbocycles. The maximum Gasteiger partial charge on any atom is 0.222 e. The Morgan fingerprint density at radius 2 is 2.13 bits per heavy atom. The van der Waals surface area contributed by atoms with Crippen molar-refractivity contribution < 1.29 is 9.59 Å². The van der Waals surface area contributed by atoms with E-state index in [0.717, 1.165) is 0 Å². The third-order valence-corrected chi connectivity index (χ3v) is 2.49. The SMILES string of the molecule is C[C@H](CC(N)=O)CC(=O)N1CC(C#N)C1. The molecule has 0 unspecified atom stereocenters. The third kappa shape index (κ3) is 3.24. The van der Waals surface area contributed by atoms with E-state index >= 15 is 0 Å². The number of nitrogens with two attached hydrogens (primary N) is 1. The second-order valence-electron chi connectivity index (χ2n) is 4.10. The lowest BCUT2D eigenvalue weighted by molar-refractivity contribution is -0.137. The summed E-state index contributed by atoms with van der Waals surface area (Å²) < 4.78 is 0. The predicted octanol–water partition coefficient (Wildman–Crippen LogP) is -0.130. The summed E-state index contributed by atoms with van der Waals surface area (Å²) in [6.45, 7) is 2.88. The van der Waals surface area contributed by atoms with Crippen molar-refractivity contribution in [2.75, 3.05) is 13.1 Å². The van der Waals surface area contributed by atoms with Gasteiger partial charge < -0.3 is 10.6 Å². The molecule has 1 aliphatic heterocycles. The molecule has 2 N–H and O–H groups in total. The third-order valence-electron chi connectivity index (χ3n) is 2.49. The van der Waals surface area contributed by atoms with Gasteiger partial charge in [0, 0.05) is 25.9 Å². The van der Waals surface area contributed by atoms with Crippen LogP contribution in [0.1, 0.15) is 19.8 Å². The molecule has 1 aliphatic rings. The number of carbonyl (C=O) groups excluding carboxylic acids is 2. The molecular formula is C10H15N3O2. The van der Waals surface area contributed by atoms with Crippen molar-refractivity contribution in [2.24, 2.45) is 17.6 Å². The summed E-state index contributed by atoms with van der Waals surface area (Å²) in [5.74, 6) is -0.402. The summed E-state index contributed by atoms with van der Waals surface area (Å²) in [5, 5.41) is 8.54. The van der Waals surface area contributed by atoms with E-state index in [2.05, 4.69) is 6.07 Å². The first-order valence-corrected chi connectivity index (χ1v) is 4.98. The van der Waals surface area contributed by atoms with Crippen molar-refractivity contribution in [3.05, 3.63) is 0 Å². The average Bonchev–Trinajstić information content (AvgIpc) is 1.99. The maximum absolute atomic E-state index is 11.5. The lowest BCUT2D eigenvalue weighted by Gasteiger charge is -2.35. The number of carbonyl (C=O) groups is 2. The van der Waals surface area contributed by atoms with Gasteiger partial charge in [-0.2, -0.15) is 5.26 Å². The van der Waals surface area contributed by atoms with E-state index in [-0.39, 0.29) is 30.1 Å². The molecule has 5 heteroatoms. The number of nitriles is 1. The summed E-state index contributed by atoms with van der Waals surface area (Å²) in [6.07, 6.45) is 0.572. The van der Waals surface area contributed by atoms with E-state index in [1.807, 2.05) is 6.92 Å². The Kier molecular flexibility index (Phi) is 3.67. The number of amides is 2. The van der Waals surface area contributed by atoms with Crippen molar-refractivity contribution in [3.63, 3.8) is 0 Å². The summed E-state index contributed by atoms with van der Waals surface area (Å²) in [7, 11) is 0. The Hall–Kier alpha value is -1.57. The molecule has 0 aromatic rings. The highest BCUT2D eigenvalue weighted by atomic mass is 16.2. The largest absolute Gasteiger partial charge is 0.370 e. The van der Waals surface area contributed by atoms with Gasteiger partial charge in [0.1, 0.15) is 0 Å². The van der Waals surface area contributed by atoms with Crippen molar-refractivity contribution >= 4 is 11.8 Å². The molecule has 0 bridgehead atoms. The monoisotopic (exact) mass is 209 g/mol. The number of likely N-dealkylation sites (tertiary alicyclic amines) is 1. The molecule has 0 saturated carbocycles. The average molecular weight is 209 g/mol. The Balaban J connectivity index is 2.25. The number of rotatable bonds is 4. The van der Waals surface area contributed by atoms with Crippen LogP contribution in [0.15, 0.2) is 0 Å². The van der Waals surface area contributed by atoms with Crippen LogP contribution in [0.2, 0.25) is 0 Å². The quantitative estimate of drug-likeness (QED) is 0.699. The first-order valence-electron chi connectivity index (χ1n) is 4.98. The van der Waals surface area contributed by atoms with Crippen molar-refractivity contribution in [1.29, 1.82) is 5.26 Å². The summed E-state index contributed by atoms with van der Waals surface area (Å²) in [4.78, 5) is 23.8. The van der Waals surface area contributed by atoms with Gasteiger partial charge in [-0.25, -0.2) is 0 Å². The van der Waals surface area contributed by atoms with E-state index < -0.39 is 0 Å². The zero-order valence-corrected chi connectivity index (χ0v) is 8.77. The smallest absolute Gasteiger partial charge is 0.222 e. The van der Waals surface area contributed by atoms with Crippen LogP contribution >= 0.6 is 0 Å². The molecule has 0 radical (unpaired) electrons. The van der Waals surface area contributed by atoms with Crippen molar-refractivity contribution in [1.82, 2.24) is 4.90 Å². The topological polar surface area (TPSA) is 87.2 Å². The van der Waals surface area contributed by atoms with Gasteiger partial charge >= 0.3 is 0 Å². The number of nitrogens with zero attached hydrogens (tertiary/aromatic N) is 2. The van der Waals surface area contributed by atoms with Gasteiger partial charge in [0.15, 0.2) is 0 Å². The minimum Gasteiger partial charge on any atom is -0.370 e. The van der Waals surface area contributed by atoms with Crippen LogP contribution in [-0.4, -0.2) is 29.8 Å².